The van der Waals surface area contributed by atoms with Crippen LogP contribution in [-0.2, 0) is 4.74 Å². The summed E-state index contributed by atoms with van der Waals surface area (Å²) >= 11 is 2.98. The summed E-state index contributed by atoms with van der Waals surface area (Å²) in [6.07, 6.45) is -0.422. The Morgan fingerprint density at radius 1 is 1.77 bits per heavy atom. The van der Waals surface area contributed by atoms with Gasteiger partial charge in [0, 0.05) is 12.4 Å². The van der Waals surface area contributed by atoms with Crippen molar-refractivity contribution in [2.24, 2.45) is 0 Å². The third-order valence-corrected chi connectivity index (χ3v) is 3.26. The van der Waals surface area contributed by atoms with Gasteiger partial charge in [-0.25, -0.2) is 0 Å². The molecule has 4 nitrogen and oxygen atoms in total. The number of hydrogen-bond acceptors (Lipinski definition) is 6. The van der Waals surface area contributed by atoms with E-state index >= 15 is 0 Å². The highest BCUT2D eigenvalue weighted by Gasteiger charge is 2.06. The van der Waals surface area contributed by atoms with Gasteiger partial charge in [0.1, 0.15) is 5.51 Å². The molecule has 0 fully saturated rings. The van der Waals surface area contributed by atoms with Crippen molar-refractivity contribution >= 4 is 23.1 Å². The maximum absolute atomic E-state index is 9.39. The second-order valence-corrected chi connectivity index (χ2v) is 4.43. The third-order valence-electron chi connectivity index (χ3n) is 1.25. The van der Waals surface area contributed by atoms with Gasteiger partial charge < -0.3 is 9.84 Å². The molecule has 0 saturated heterocycles. The number of thioether (sulfide) groups is 1. The first kappa shape index (κ1) is 10.9. The van der Waals surface area contributed by atoms with Crippen LogP contribution in [0.3, 0.4) is 0 Å². The summed E-state index contributed by atoms with van der Waals surface area (Å²) in [4.78, 5) is 0. The van der Waals surface area contributed by atoms with Gasteiger partial charge in [-0.2, -0.15) is 0 Å². The van der Waals surface area contributed by atoms with Gasteiger partial charge in [0.2, 0.25) is 0 Å². The number of ether oxygens (including phenoxy) is 1. The number of nitrogens with zero attached hydrogens (tertiary/aromatic N) is 2. The third kappa shape index (κ3) is 4.56. The molecule has 0 radical (unpaired) electrons. The summed E-state index contributed by atoms with van der Waals surface area (Å²) < 4.78 is 5.95. The van der Waals surface area contributed by atoms with Crippen LogP contribution in [0.2, 0.25) is 0 Å². The van der Waals surface area contributed by atoms with Crippen molar-refractivity contribution in [1.29, 1.82) is 0 Å². The zero-order valence-corrected chi connectivity index (χ0v) is 8.98. The molecule has 0 amide bonds. The Morgan fingerprint density at radius 2 is 2.62 bits per heavy atom. The fraction of sp³-hybridized carbons (Fsp3) is 0.714. The number of aliphatic hydroxyl groups excluding tert-OH is 1. The lowest BCUT2D eigenvalue weighted by molar-refractivity contribution is 0.0551. The monoisotopic (exact) mass is 220 g/mol. The molecule has 1 atom stereocenters. The number of aliphatic hydroxyl groups is 1. The van der Waals surface area contributed by atoms with Gasteiger partial charge in [-0.3, -0.25) is 0 Å². The molecule has 6 heteroatoms. The van der Waals surface area contributed by atoms with Crippen molar-refractivity contribution in [3.05, 3.63) is 5.51 Å². The summed E-state index contributed by atoms with van der Waals surface area (Å²) in [5, 5.41) is 16.9. The van der Waals surface area contributed by atoms with Gasteiger partial charge in [0.15, 0.2) is 4.34 Å². The molecule has 0 saturated carbocycles. The van der Waals surface area contributed by atoms with Gasteiger partial charge in [-0.05, 0) is 6.92 Å². The summed E-state index contributed by atoms with van der Waals surface area (Å²) in [6, 6.07) is 0. The van der Waals surface area contributed by atoms with Crippen molar-refractivity contribution in [1.82, 2.24) is 10.2 Å². The van der Waals surface area contributed by atoms with Crippen LogP contribution in [0.4, 0.5) is 0 Å². The predicted molar refractivity (Wildman–Crippen MR) is 53.1 cm³/mol. The maximum atomic E-state index is 9.39. The minimum atomic E-state index is -0.422. The van der Waals surface area contributed by atoms with Crippen molar-refractivity contribution in [3.63, 3.8) is 0 Å². The molecule has 13 heavy (non-hydrogen) atoms. The summed E-state index contributed by atoms with van der Waals surface area (Å²) in [6.45, 7) is 2.94. The minimum Gasteiger partial charge on any atom is -0.390 e. The summed E-state index contributed by atoms with van der Waals surface area (Å²) in [5.74, 6) is 0.606. The zero-order valence-electron chi connectivity index (χ0n) is 7.34. The molecule has 1 N–H and O–H groups in total. The molecule has 0 aliphatic rings. The molecule has 0 unspecified atom stereocenters. The first-order chi connectivity index (χ1) is 6.33. The van der Waals surface area contributed by atoms with E-state index in [1.54, 1.807) is 5.51 Å². The first-order valence-electron chi connectivity index (χ1n) is 3.97. The number of rotatable bonds is 6. The molecule has 0 bridgehead atoms. The maximum Gasteiger partial charge on any atom is 0.174 e. The largest absolute Gasteiger partial charge is 0.390 e. The van der Waals surface area contributed by atoms with Crippen LogP contribution < -0.4 is 0 Å². The van der Waals surface area contributed by atoms with E-state index in [0.29, 0.717) is 19.0 Å². The Kier molecular flexibility index (Phi) is 5.29. The lowest BCUT2D eigenvalue weighted by atomic mass is 10.4. The van der Waals surface area contributed by atoms with Gasteiger partial charge in [-0.15, -0.1) is 10.2 Å². The Morgan fingerprint density at radius 3 is 3.23 bits per heavy atom. The molecule has 0 spiro atoms. The minimum absolute atomic E-state index is 0.391. The highest BCUT2D eigenvalue weighted by molar-refractivity contribution is 8.01. The fourth-order valence-electron chi connectivity index (χ4n) is 0.695. The molecule has 74 valence electrons. The molecule has 0 aromatic carbocycles. The Balaban J connectivity index is 2.11. The van der Waals surface area contributed by atoms with Crippen molar-refractivity contribution in [2.45, 2.75) is 17.4 Å². The average molecular weight is 220 g/mol. The molecule has 0 aliphatic heterocycles. The standard InChI is InChI=1S/C7H12N2O2S2/c1-2-11-3-6(10)4-12-7-9-8-5-13-7/h5-6,10H,2-4H2,1H3/t6-/m1/s1. The molecular weight excluding hydrogens is 208 g/mol. The van der Waals surface area contributed by atoms with Crippen LogP contribution in [0.1, 0.15) is 6.92 Å². The SMILES string of the molecule is CCOC[C@@H](O)CSc1nncs1. The highest BCUT2D eigenvalue weighted by Crippen LogP contribution is 2.19. The second kappa shape index (κ2) is 6.31. The molecule has 0 aliphatic carbocycles. The normalized spacial score (nSPS) is 13.1. The fourth-order valence-corrected chi connectivity index (χ4v) is 2.12. The van der Waals surface area contributed by atoms with Crippen LogP contribution in [0, 0.1) is 0 Å². The Hall–Kier alpha value is -0.170. The lowest BCUT2D eigenvalue weighted by Gasteiger charge is -2.07. The van der Waals surface area contributed by atoms with Crippen LogP contribution in [-0.4, -0.2) is 40.4 Å². The Labute approximate surface area is 85.3 Å². The van der Waals surface area contributed by atoms with Crippen LogP contribution >= 0.6 is 23.1 Å². The zero-order chi connectivity index (χ0) is 9.52. The van der Waals surface area contributed by atoms with Gasteiger partial charge in [0.05, 0.1) is 12.7 Å². The second-order valence-electron chi connectivity index (χ2n) is 2.33. The first-order valence-corrected chi connectivity index (χ1v) is 5.84. The van der Waals surface area contributed by atoms with Gasteiger partial charge in [-0.1, -0.05) is 23.1 Å². The topological polar surface area (TPSA) is 55.2 Å². The van der Waals surface area contributed by atoms with E-state index in [9.17, 15) is 5.11 Å². The molecule has 1 aromatic rings. The predicted octanol–water partition coefficient (Wildman–Crippen LogP) is 1.03. The lowest BCUT2D eigenvalue weighted by Crippen LogP contribution is -2.17. The summed E-state index contributed by atoms with van der Waals surface area (Å²) in [5.41, 5.74) is 1.68. The van der Waals surface area contributed by atoms with Crippen LogP contribution in [0.25, 0.3) is 0 Å². The van der Waals surface area contributed by atoms with Crippen LogP contribution in [0.5, 0.6) is 0 Å². The molecule has 1 rings (SSSR count). The average Bonchev–Trinajstić information content (AvgIpc) is 2.64. The molecular formula is C7H12N2O2S2. The van der Waals surface area contributed by atoms with E-state index in [-0.39, 0.29) is 0 Å². The smallest absolute Gasteiger partial charge is 0.174 e. The van der Waals surface area contributed by atoms with Crippen molar-refractivity contribution < 1.29 is 9.84 Å². The summed E-state index contributed by atoms with van der Waals surface area (Å²) in [7, 11) is 0. The van der Waals surface area contributed by atoms with Gasteiger partial charge in [0.25, 0.3) is 0 Å². The van der Waals surface area contributed by atoms with Crippen LogP contribution in [0.15, 0.2) is 9.85 Å². The van der Waals surface area contributed by atoms with E-state index in [4.69, 9.17) is 4.74 Å². The Bertz CT molecular complexity index is 218. The highest BCUT2D eigenvalue weighted by atomic mass is 32.2. The van der Waals surface area contributed by atoms with E-state index in [2.05, 4.69) is 10.2 Å². The van der Waals surface area contributed by atoms with Gasteiger partial charge >= 0.3 is 0 Å². The van der Waals surface area contributed by atoms with E-state index < -0.39 is 6.10 Å². The number of hydrogen-bond donors (Lipinski definition) is 1. The number of aromatic nitrogens is 2. The van der Waals surface area contributed by atoms with E-state index in [1.807, 2.05) is 6.92 Å². The quantitative estimate of drug-likeness (QED) is 0.726. The molecule has 1 heterocycles. The van der Waals surface area contributed by atoms with Crippen molar-refractivity contribution in [3.8, 4) is 0 Å². The van der Waals surface area contributed by atoms with E-state index in [1.165, 1.54) is 23.1 Å². The van der Waals surface area contributed by atoms with E-state index in [0.717, 1.165) is 4.34 Å². The van der Waals surface area contributed by atoms with Crippen molar-refractivity contribution in [2.75, 3.05) is 19.0 Å². The molecule has 1 aromatic heterocycles.